The van der Waals surface area contributed by atoms with Crippen molar-refractivity contribution in [2.75, 3.05) is 6.61 Å². The Labute approximate surface area is 125 Å². The van der Waals surface area contributed by atoms with Crippen molar-refractivity contribution >= 4 is 24.1 Å². The van der Waals surface area contributed by atoms with Crippen LogP contribution in [-0.2, 0) is 6.42 Å². The van der Waals surface area contributed by atoms with Crippen molar-refractivity contribution in [1.29, 1.82) is 0 Å². The van der Waals surface area contributed by atoms with Crippen molar-refractivity contribution in [1.82, 2.24) is 4.98 Å². The summed E-state index contributed by atoms with van der Waals surface area (Å²) in [6, 6.07) is 10.5. The molecule has 0 saturated carbocycles. The average Bonchev–Trinajstić information content (AvgIpc) is 2.83. The normalized spacial score (nSPS) is 14.8. The van der Waals surface area contributed by atoms with Crippen LogP contribution in [0.4, 0.5) is 0 Å². The lowest BCUT2D eigenvalue weighted by Gasteiger charge is -2.06. The van der Waals surface area contributed by atoms with Gasteiger partial charge in [-0.2, -0.15) is 0 Å². The third-order valence-electron chi connectivity index (χ3n) is 3.42. The van der Waals surface area contributed by atoms with E-state index in [0.717, 1.165) is 25.2 Å². The molecule has 0 bridgehead atoms. The summed E-state index contributed by atoms with van der Waals surface area (Å²) in [5, 5.41) is 0. The van der Waals surface area contributed by atoms with Crippen LogP contribution in [0.3, 0.4) is 0 Å². The number of pyridine rings is 1. The predicted octanol–water partition coefficient (Wildman–Crippen LogP) is 4.39. The van der Waals surface area contributed by atoms with Crippen molar-refractivity contribution in [3.8, 4) is 5.75 Å². The maximum atomic E-state index is 5.56. The zero-order valence-electron chi connectivity index (χ0n) is 11.5. The standard InChI is InChI=1S/C17H17NO.ClH/c1-2-19-16-7-8-17-14(5-6-15(17)11-16)10-13-4-3-9-18-12-13;/h3-4,7-12H,2,5-6H2,1H3;1H/b14-10-;. The molecule has 1 aromatic carbocycles. The van der Waals surface area contributed by atoms with E-state index >= 15 is 0 Å². The Hall–Kier alpha value is -1.80. The van der Waals surface area contributed by atoms with E-state index in [1.807, 2.05) is 19.2 Å². The molecule has 3 heteroatoms. The largest absolute Gasteiger partial charge is 0.494 e. The van der Waals surface area contributed by atoms with Crippen LogP contribution < -0.4 is 4.74 Å². The Morgan fingerprint density at radius 1 is 1.25 bits per heavy atom. The van der Waals surface area contributed by atoms with Gasteiger partial charge in [0.25, 0.3) is 0 Å². The van der Waals surface area contributed by atoms with Crippen LogP contribution in [0.5, 0.6) is 5.75 Å². The average molecular weight is 288 g/mol. The first kappa shape index (κ1) is 14.6. The van der Waals surface area contributed by atoms with Crippen LogP contribution in [0.2, 0.25) is 0 Å². The first-order valence-corrected chi connectivity index (χ1v) is 6.73. The topological polar surface area (TPSA) is 22.1 Å². The Kier molecular flexibility index (Phi) is 4.80. The summed E-state index contributed by atoms with van der Waals surface area (Å²) in [7, 11) is 0. The number of benzene rings is 1. The van der Waals surface area contributed by atoms with Crippen molar-refractivity contribution in [2.45, 2.75) is 19.8 Å². The first-order valence-electron chi connectivity index (χ1n) is 6.73. The molecule has 1 aliphatic rings. The molecule has 1 heterocycles. The summed E-state index contributed by atoms with van der Waals surface area (Å²) in [6.45, 7) is 2.73. The van der Waals surface area contributed by atoms with Gasteiger partial charge in [0.15, 0.2) is 0 Å². The summed E-state index contributed by atoms with van der Waals surface area (Å²) >= 11 is 0. The van der Waals surface area contributed by atoms with E-state index in [2.05, 4.69) is 35.3 Å². The van der Waals surface area contributed by atoms with Gasteiger partial charge in [-0.15, -0.1) is 12.4 Å². The molecule has 1 aliphatic carbocycles. The molecule has 20 heavy (non-hydrogen) atoms. The highest BCUT2D eigenvalue weighted by Crippen LogP contribution is 2.35. The molecule has 2 aromatic rings. The second kappa shape index (κ2) is 6.58. The lowest BCUT2D eigenvalue weighted by molar-refractivity contribution is 0.340. The van der Waals surface area contributed by atoms with E-state index < -0.39 is 0 Å². The third kappa shape index (κ3) is 3.02. The van der Waals surface area contributed by atoms with Crippen molar-refractivity contribution in [3.05, 3.63) is 59.4 Å². The fourth-order valence-corrected chi connectivity index (χ4v) is 2.56. The molecule has 0 aliphatic heterocycles. The molecular formula is C17H18ClNO. The maximum Gasteiger partial charge on any atom is 0.119 e. The summed E-state index contributed by atoms with van der Waals surface area (Å²) in [5.74, 6) is 0.976. The molecule has 0 radical (unpaired) electrons. The van der Waals surface area contributed by atoms with Crippen LogP contribution in [0.15, 0.2) is 42.7 Å². The highest BCUT2D eigenvalue weighted by Gasteiger charge is 2.16. The van der Waals surface area contributed by atoms with Crippen LogP contribution in [-0.4, -0.2) is 11.6 Å². The Morgan fingerprint density at radius 3 is 2.90 bits per heavy atom. The van der Waals surface area contributed by atoms with E-state index in [1.54, 1.807) is 6.20 Å². The van der Waals surface area contributed by atoms with Gasteiger partial charge in [-0.3, -0.25) is 4.98 Å². The monoisotopic (exact) mass is 287 g/mol. The van der Waals surface area contributed by atoms with Gasteiger partial charge in [-0.25, -0.2) is 0 Å². The third-order valence-corrected chi connectivity index (χ3v) is 3.42. The number of halogens is 1. The number of hydrogen-bond donors (Lipinski definition) is 0. The number of aromatic nitrogens is 1. The summed E-state index contributed by atoms with van der Waals surface area (Å²) < 4.78 is 5.56. The van der Waals surface area contributed by atoms with Gasteiger partial charge in [-0.1, -0.05) is 12.1 Å². The molecule has 0 saturated heterocycles. The van der Waals surface area contributed by atoms with Gasteiger partial charge in [0.1, 0.15) is 5.75 Å². The number of allylic oxidation sites excluding steroid dienone is 1. The lowest BCUT2D eigenvalue weighted by atomic mass is 10.0. The second-order valence-corrected chi connectivity index (χ2v) is 4.71. The Balaban J connectivity index is 0.00000147. The molecule has 0 amide bonds. The molecule has 1 aromatic heterocycles. The minimum atomic E-state index is 0. The van der Waals surface area contributed by atoms with Gasteiger partial charge in [0, 0.05) is 12.4 Å². The van der Waals surface area contributed by atoms with E-state index in [1.165, 1.54) is 22.3 Å². The van der Waals surface area contributed by atoms with Gasteiger partial charge in [0.2, 0.25) is 0 Å². The van der Waals surface area contributed by atoms with E-state index in [-0.39, 0.29) is 12.4 Å². The minimum absolute atomic E-state index is 0. The Morgan fingerprint density at radius 2 is 2.15 bits per heavy atom. The molecule has 0 unspecified atom stereocenters. The maximum absolute atomic E-state index is 5.56. The van der Waals surface area contributed by atoms with E-state index in [4.69, 9.17) is 4.74 Å². The summed E-state index contributed by atoms with van der Waals surface area (Å²) in [6.07, 6.45) is 8.14. The number of nitrogens with zero attached hydrogens (tertiary/aromatic N) is 1. The van der Waals surface area contributed by atoms with Crippen molar-refractivity contribution < 1.29 is 4.74 Å². The smallest absolute Gasteiger partial charge is 0.119 e. The lowest BCUT2D eigenvalue weighted by Crippen LogP contribution is -1.92. The van der Waals surface area contributed by atoms with Crippen LogP contribution in [0.25, 0.3) is 11.6 Å². The van der Waals surface area contributed by atoms with Crippen molar-refractivity contribution in [3.63, 3.8) is 0 Å². The SMILES string of the molecule is CCOc1ccc2c(c1)CC/C2=C/c1cccnc1.Cl. The molecule has 104 valence electrons. The number of rotatable bonds is 3. The van der Waals surface area contributed by atoms with Gasteiger partial charge >= 0.3 is 0 Å². The summed E-state index contributed by atoms with van der Waals surface area (Å²) in [4.78, 5) is 4.16. The predicted molar refractivity (Wildman–Crippen MR) is 85.3 cm³/mol. The zero-order valence-corrected chi connectivity index (χ0v) is 12.3. The van der Waals surface area contributed by atoms with Crippen molar-refractivity contribution in [2.24, 2.45) is 0 Å². The molecule has 0 N–H and O–H groups in total. The van der Waals surface area contributed by atoms with Crippen LogP contribution in [0.1, 0.15) is 30.0 Å². The highest BCUT2D eigenvalue weighted by atomic mass is 35.5. The number of ether oxygens (including phenoxy) is 1. The first-order chi connectivity index (χ1) is 9.36. The second-order valence-electron chi connectivity index (χ2n) is 4.71. The molecule has 3 rings (SSSR count). The van der Waals surface area contributed by atoms with E-state index in [0.29, 0.717) is 0 Å². The number of fused-ring (bicyclic) bond motifs is 1. The molecule has 0 atom stereocenters. The van der Waals surface area contributed by atoms with Gasteiger partial charge < -0.3 is 4.74 Å². The van der Waals surface area contributed by atoms with Crippen LogP contribution in [0, 0.1) is 0 Å². The fourth-order valence-electron chi connectivity index (χ4n) is 2.56. The number of aryl methyl sites for hydroxylation is 1. The van der Waals surface area contributed by atoms with Gasteiger partial charge in [-0.05, 0) is 66.3 Å². The fraction of sp³-hybridized carbons (Fsp3) is 0.235. The quantitative estimate of drug-likeness (QED) is 0.835. The summed E-state index contributed by atoms with van der Waals surface area (Å²) in [5.41, 5.74) is 5.30. The minimum Gasteiger partial charge on any atom is -0.494 e. The zero-order chi connectivity index (χ0) is 13.1. The van der Waals surface area contributed by atoms with E-state index in [9.17, 15) is 0 Å². The Bertz CT molecular complexity index is 608. The van der Waals surface area contributed by atoms with Gasteiger partial charge in [0.05, 0.1) is 6.61 Å². The highest BCUT2D eigenvalue weighted by molar-refractivity contribution is 5.85. The molecule has 0 fully saturated rings. The molecule has 0 spiro atoms. The van der Waals surface area contributed by atoms with Crippen LogP contribution >= 0.6 is 12.4 Å². The molecular weight excluding hydrogens is 270 g/mol. The number of hydrogen-bond acceptors (Lipinski definition) is 2. The molecule has 2 nitrogen and oxygen atoms in total.